The first-order valence-corrected chi connectivity index (χ1v) is 7.56. The second kappa shape index (κ2) is 6.98. The summed E-state index contributed by atoms with van der Waals surface area (Å²) in [5, 5.41) is 19.8. The third-order valence-electron chi connectivity index (χ3n) is 3.64. The van der Waals surface area contributed by atoms with Crippen LogP contribution in [0.15, 0.2) is 63.1 Å². The summed E-state index contributed by atoms with van der Waals surface area (Å²) in [5.74, 6) is -0.140. The highest BCUT2D eigenvalue weighted by atomic mass is 16.5. The topological polar surface area (TPSA) is 117 Å². The summed E-state index contributed by atoms with van der Waals surface area (Å²) in [6.45, 7) is 0. The van der Waals surface area contributed by atoms with Crippen LogP contribution in [0.3, 0.4) is 0 Å². The van der Waals surface area contributed by atoms with E-state index < -0.39 is 17.1 Å². The number of hydrogen-bond acceptors (Lipinski definition) is 6. The van der Waals surface area contributed by atoms with Gasteiger partial charge in [-0.05, 0) is 36.4 Å². The van der Waals surface area contributed by atoms with E-state index in [1.54, 1.807) is 24.3 Å². The lowest BCUT2D eigenvalue weighted by molar-refractivity contribution is 0.401. The Morgan fingerprint density at radius 2 is 1.77 bits per heavy atom. The molecular weight excluding hydrogens is 338 g/mol. The Bertz CT molecular complexity index is 1080. The molecule has 0 saturated heterocycles. The van der Waals surface area contributed by atoms with Crippen molar-refractivity contribution in [2.24, 2.45) is 4.99 Å². The predicted molar refractivity (Wildman–Crippen MR) is 96.2 cm³/mol. The Labute approximate surface area is 147 Å². The molecule has 3 aromatic rings. The maximum absolute atomic E-state index is 12.2. The quantitative estimate of drug-likeness (QED) is 0.617. The first-order valence-electron chi connectivity index (χ1n) is 7.56. The Balaban J connectivity index is 2.14. The summed E-state index contributed by atoms with van der Waals surface area (Å²) in [7, 11) is 1.43. The Kier molecular flexibility index (Phi) is 4.57. The van der Waals surface area contributed by atoms with Gasteiger partial charge >= 0.3 is 5.69 Å². The van der Waals surface area contributed by atoms with Crippen LogP contribution in [0.2, 0.25) is 0 Å². The van der Waals surface area contributed by atoms with E-state index in [-0.39, 0.29) is 17.0 Å². The largest absolute Gasteiger partial charge is 0.508 e. The lowest BCUT2D eigenvalue weighted by atomic mass is 10.2. The van der Waals surface area contributed by atoms with E-state index in [0.29, 0.717) is 11.4 Å². The van der Waals surface area contributed by atoms with E-state index in [2.05, 4.69) is 9.98 Å². The van der Waals surface area contributed by atoms with Crippen molar-refractivity contribution in [3.05, 3.63) is 74.9 Å². The highest BCUT2D eigenvalue weighted by Crippen LogP contribution is 2.25. The van der Waals surface area contributed by atoms with Gasteiger partial charge in [-0.3, -0.25) is 14.8 Å². The van der Waals surface area contributed by atoms with Gasteiger partial charge in [0.05, 0.1) is 18.5 Å². The van der Waals surface area contributed by atoms with E-state index in [1.807, 2.05) is 0 Å². The van der Waals surface area contributed by atoms with E-state index in [0.717, 1.165) is 10.8 Å². The summed E-state index contributed by atoms with van der Waals surface area (Å²) in [6, 6.07) is 12.5. The van der Waals surface area contributed by atoms with Crippen molar-refractivity contribution in [1.29, 1.82) is 0 Å². The van der Waals surface area contributed by atoms with Gasteiger partial charge in [-0.2, -0.15) is 0 Å². The van der Waals surface area contributed by atoms with Crippen LogP contribution in [-0.4, -0.2) is 33.1 Å². The Hall–Kier alpha value is -3.81. The second-order valence-corrected chi connectivity index (χ2v) is 5.28. The molecular formula is C18H15N3O5. The maximum Gasteiger partial charge on any atom is 0.335 e. The molecule has 132 valence electrons. The molecule has 0 aliphatic heterocycles. The molecule has 3 N–H and O–H groups in total. The van der Waals surface area contributed by atoms with Gasteiger partial charge in [-0.1, -0.05) is 12.1 Å². The number of aromatic hydroxyl groups is 2. The number of nitrogens with zero attached hydrogens (tertiary/aromatic N) is 2. The van der Waals surface area contributed by atoms with E-state index in [9.17, 15) is 19.8 Å². The number of rotatable bonds is 4. The molecule has 0 saturated carbocycles. The summed E-state index contributed by atoms with van der Waals surface area (Å²) >= 11 is 0. The van der Waals surface area contributed by atoms with Crippen molar-refractivity contribution in [2.75, 3.05) is 7.11 Å². The zero-order valence-corrected chi connectivity index (χ0v) is 13.7. The molecule has 0 radical (unpaired) electrons. The van der Waals surface area contributed by atoms with Gasteiger partial charge in [0.2, 0.25) is 5.88 Å². The molecule has 3 rings (SSSR count). The monoisotopic (exact) mass is 353 g/mol. The summed E-state index contributed by atoms with van der Waals surface area (Å²) < 4.78 is 6.13. The zero-order valence-electron chi connectivity index (χ0n) is 13.7. The van der Waals surface area contributed by atoms with E-state index in [1.165, 1.54) is 31.4 Å². The number of ether oxygens (including phenoxy) is 1. The van der Waals surface area contributed by atoms with Gasteiger partial charge in [0.1, 0.15) is 17.1 Å². The van der Waals surface area contributed by atoms with Crippen LogP contribution < -0.4 is 16.0 Å². The number of nitrogens with one attached hydrogen (secondary N) is 1. The fourth-order valence-corrected chi connectivity index (χ4v) is 2.37. The van der Waals surface area contributed by atoms with Gasteiger partial charge in [0.15, 0.2) is 0 Å². The number of aromatic nitrogens is 2. The molecule has 8 nitrogen and oxygen atoms in total. The molecule has 0 fully saturated rings. The van der Waals surface area contributed by atoms with Crippen molar-refractivity contribution >= 4 is 11.9 Å². The van der Waals surface area contributed by atoms with Crippen molar-refractivity contribution < 1.29 is 14.9 Å². The van der Waals surface area contributed by atoms with Gasteiger partial charge in [0, 0.05) is 6.21 Å². The minimum atomic E-state index is -0.807. The Morgan fingerprint density at radius 3 is 2.46 bits per heavy atom. The maximum atomic E-state index is 12.2. The van der Waals surface area contributed by atoms with E-state index in [4.69, 9.17) is 4.74 Å². The van der Waals surface area contributed by atoms with Crippen molar-refractivity contribution in [1.82, 2.24) is 9.55 Å². The number of benzene rings is 2. The van der Waals surface area contributed by atoms with Crippen LogP contribution in [0.4, 0.5) is 5.69 Å². The number of H-pyrrole nitrogens is 1. The molecule has 0 unspecified atom stereocenters. The highest BCUT2D eigenvalue weighted by molar-refractivity contribution is 5.84. The Morgan fingerprint density at radius 1 is 1.08 bits per heavy atom. The van der Waals surface area contributed by atoms with Crippen molar-refractivity contribution in [3.63, 3.8) is 0 Å². The van der Waals surface area contributed by atoms with E-state index >= 15 is 0 Å². The lowest BCUT2D eigenvalue weighted by Crippen LogP contribution is -2.31. The molecule has 0 spiro atoms. The molecule has 0 aliphatic carbocycles. The zero-order chi connectivity index (χ0) is 18.7. The molecule has 26 heavy (non-hydrogen) atoms. The average molecular weight is 353 g/mol. The minimum Gasteiger partial charge on any atom is -0.508 e. The number of para-hydroxylation sites is 2. The number of methoxy groups -OCH3 is 1. The van der Waals surface area contributed by atoms with Crippen LogP contribution in [0.25, 0.3) is 5.69 Å². The van der Waals surface area contributed by atoms with Crippen molar-refractivity contribution in [3.8, 4) is 23.1 Å². The normalized spacial score (nSPS) is 11.0. The number of aromatic amines is 1. The van der Waals surface area contributed by atoms with Crippen molar-refractivity contribution in [2.45, 2.75) is 0 Å². The van der Waals surface area contributed by atoms with Crippen LogP contribution in [0.5, 0.6) is 17.4 Å². The summed E-state index contributed by atoms with van der Waals surface area (Å²) in [4.78, 5) is 30.5. The van der Waals surface area contributed by atoms with Crippen LogP contribution >= 0.6 is 0 Å². The standard InChI is InChI=1S/C18H15N3O5/c1-26-15-5-3-2-4-14(15)21-17(24)13(16(23)20-18(21)25)10-19-11-6-8-12(22)9-7-11/h2-10,22,24H,1H3,(H,20,23,25). The third-order valence-corrected chi connectivity index (χ3v) is 3.64. The predicted octanol–water partition coefficient (Wildman–Crippen LogP) is 1.70. The number of phenolic OH excluding ortho intramolecular Hbond substituents is 1. The lowest BCUT2D eigenvalue weighted by Gasteiger charge is -2.12. The number of hydrogen-bond donors (Lipinski definition) is 3. The molecule has 0 bridgehead atoms. The minimum absolute atomic E-state index is 0.0781. The summed E-state index contributed by atoms with van der Waals surface area (Å²) in [5.41, 5.74) is -1.05. The molecule has 2 aromatic carbocycles. The van der Waals surface area contributed by atoms with Gasteiger partial charge < -0.3 is 14.9 Å². The first-order chi connectivity index (χ1) is 12.5. The highest BCUT2D eigenvalue weighted by Gasteiger charge is 2.16. The second-order valence-electron chi connectivity index (χ2n) is 5.28. The SMILES string of the molecule is COc1ccccc1-n1c(O)c(C=Nc2ccc(O)cc2)c(=O)[nH]c1=O. The number of aliphatic imine (C=N–C) groups is 1. The fourth-order valence-electron chi connectivity index (χ4n) is 2.37. The number of phenols is 1. The third kappa shape index (κ3) is 3.20. The summed E-state index contributed by atoms with van der Waals surface area (Å²) in [6.07, 6.45) is 1.14. The molecule has 0 aliphatic rings. The molecule has 0 amide bonds. The fraction of sp³-hybridized carbons (Fsp3) is 0.0556. The molecule has 1 aromatic heterocycles. The molecule has 1 heterocycles. The average Bonchev–Trinajstić information content (AvgIpc) is 2.63. The smallest absolute Gasteiger partial charge is 0.335 e. The molecule has 0 atom stereocenters. The molecule has 8 heteroatoms. The first kappa shape index (κ1) is 17.0. The van der Waals surface area contributed by atoms with Crippen LogP contribution in [-0.2, 0) is 0 Å². The van der Waals surface area contributed by atoms with Crippen LogP contribution in [0, 0.1) is 0 Å². The van der Waals surface area contributed by atoms with Gasteiger partial charge in [0.25, 0.3) is 5.56 Å². The van der Waals surface area contributed by atoms with Gasteiger partial charge in [-0.25, -0.2) is 9.36 Å². The van der Waals surface area contributed by atoms with Gasteiger partial charge in [-0.15, -0.1) is 0 Å². The van der Waals surface area contributed by atoms with Crippen LogP contribution in [0.1, 0.15) is 5.56 Å².